The van der Waals surface area contributed by atoms with Gasteiger partial charge in [0.05, 0.1) is 16.5 Å². The fourth-order valence-corrected chi connectivity index (χ4v) is 4.54. The minimum atomic E-state index is -3.42. The summed E-state index contributed by atoms with van der Waals surface area (Å²) in [4.78, 5) is 0.327. The largest absolute Gasteiger partial charge is 0.243 e. The second-order valence-corrected chi connectivity index (χ2v) is 7.30. The normalized spacial score (nSPS) is 19.9. The molecule has 2 rings (SSSR count). The summed E-state index contributed by atoms with van der Waals surface area (Å²) in [6, 6.07) is 6.78. The molecule has 0 saturated carbocycles. The Balaban J connectivity index is 2.26. The zero-order chi connectivity index (χ0) is 14.8. The second kappa shape index (κ2) is 5.94. The summed E-state index contributed by atoms with van der Waals surface area (Å²) < 4.78 is 26.9. The van der Waals surface area contributed by atoms with Crippen LogP contribution in [-0.4, -0.2) is 25.8 Å². The molecule has 1 aliphatic rings. The van der Waals surface area contributed by atoms with E-state index in [1.807, 2.05) is 6.07 Å². The van der Waals surface area contributed by atoms with Crippen molar-refractivity contribution in [2.45, 2.75) is 38.0 Å². The van der Waals surface area contributed by atoms with Gasteiger partial charge in [0.25, 0.3) is 0 Å². The van der Waals surface area contributed by atoms with Crippen molar-refractivity contribution < 1.29 is 8.42 Å². The Kier molecular flexibility index (Phi) is 4.46. The third-order valence-corrected chi connectivity index (χ3v) is 5.89. The van der Waals surface area contributed by atoms with Gasteiger partial charge >= 0.3 is 0 Å². The number of nitrogens with zero attached hydrogens (tertiary/aromatic N) is 2. The van der Waals surface area contributed by atoms with Crippen molar-refractivity contribution in [1.82, 2.24) is 4.31 Å². The quantitative estimate of drug-likeness (QED) is 0.857. The van der Waals surface area contributed by atoms with E-state index in [2.05, 4.69) is 6.92 Å². The molecule has 1 saturated heterocycles. The lowest BCUT2D eigenvalue weighted by Gasteiger charge is -2.18. The van der Waals surface area contributed by atoms with Crippen molar-refractivity contribution in [3.8, 4) is 6.07 Å². The van der Waals surface area contributed by atoms with Gasteiger partial charge in [0.15, 0.2) is 0 Å². The van der Waals surface area contributed by atoms with Crippen molar-refractivity contribution in [3.63, 3.8) is 0 Å². The lowest BCUT2D eigenvalue weighted by Crippen LogP contribution is -2.29. The van der Waals surface area contributed by atoms with Crippen molar-refractivity contribution in [2.24, 2.45) is 5.92 Å². The molecule has 1 aliphatic heterocycles. The number of hydrogen-bond donors (Lipinski definition) is 0. The Hall–Kier alpha value is -1.38. The molecule has 0 N–H and O–H groups in total. The zero-order valence-corrected chi connectivity index (χ0v) is 12.8. The summed E-state index contributed by atoms with van der Waals surface area (Å²) in [6.07, 6.45) is 3.12. The van der Waals surface area contributed by atoms with Crippen LogP contribution in [-0.2, 0) is 10.0 Å². The molecule has 1 heterocycles. The number of rotatable bonds is 4. The van der Waals surface area contributed by atoms with Crippen molar-refractivity contribution in [3.05, 3.63) is 29.3 Å². The zero-order valence-electron chi connectivity index (χ0n) is 12.0. The van der Waals surface area contributed by atoms with Crippen LogP contribution in [0.5, 0.6) is 0 Å². The number of sulfonamides is 1. The van der Waals surface area contributed by atoms with E-state index in [0.717, 1.165) is 19.3 Å². The van der Waals surface area contributed by atoms with Gasteiger partial charge in [-0.05, 0) is 49.4 Å². The first-order valence-electron chi connectivity index (χ1n) is 7.00. The van der Waals surface area contributed by atoms with Gasteiger partial charge in [0.2, 0.25) is 10.0 Å². The number of benzene rings is 1. The maximum absolute atomic E-state index is 12.6. The van der Waals surface area contributed by atoms with E-state index in [1.165, 1.54) is 0 Å². The molecule has 1 aromatic rings. The summed E-state index contributed by atoms with van der Waals surface area (Å²) in [7, 11) is -3.42. The van der Waals surface area contributed by atoms with Gasteiger partial charge in [-0.1, -0.05) is 13.3 Å². The first kappa shape index (κ1) is 15.0. The number of aryl methyl sites for hydroxylation is 1. The van der Waals surface area contributed by atoms with E-state index in [4.69, 9.17) is 5.26 Å². The number of hydrogen-bond acceptors (Lipinski definition) is 3. The highest BCUT2D eigenvalue weighted by atomic mass is 32.2. The van der Waals surface area contributed by atoms with Crippen LogP contribution in [0.25, 0.3) is 0 Å². The monoisotopic (exact) mass is 292 g/mol. The molecule has 20 heavy (non-hydrogen) atoms. The minimum absolute atomic E-state index is 0.327. The molecule has 1 fully saturated rings. The molecule has 1 unspecified atom stereocenters. The molecule has 0 amide bonds. The maximum atomic E-state index is 12.6. The SMILES string of the molecule is CCCC1CCN(S(=O)(=O)c2ccc(C#N)cc2C)C1. The third-order valence-electron chi connectivity index (χ3n) is 3.87. The molecule has 1 aromatic carbocycles. The molecule has 0 radical (unpaired) electrons. The van der Waals surface area contributed by atoms with E-state index < -0.39 is 10.0 Å². The maximum Gasteiger partial charge on any atom is 0.243 e. The average Bonchev–Trinajstić information content (AvgIpc) is 2.88. The molecule has 5 heteroatoms. The lowest BCUT2D eigenvalue weighted by molar-refractivity contribution is 0.444. The first-order chi connectivity index (χ1) is 9.48. The van der Waals surface area contributed by atoms with E-state index in [1.54, 1.807) is 29.4 Å². The lowest BCUT2D eigenvalue weighted by atomic mass is 10.0. The average molecular weight is 292 g/mol. The van der Waals surface area contributed by atoms with Crippen LogP contribution < -0.4 is 0 Å². The van der Waals surface area contributed by atoms with Gasteiger partial charge in [-0.3, -0.25) is 0 Å². The fourth-order valence-electron chi connectivity index (χ4n) is 2.81. The summed E-state index contributed by atoms with van der Waals surface area (Å²) in [6.45, 7) is 5.09. The molecule has 0 bridgehead atoms. The van der Waals surface area contributed by atoms with E-state index in [0.29, 0.717) is 35.0 Å². The van der Waals surface area contributed by atoms with Crippen LogP contribution in [0.2, 0.25) is 0 Å². The molecule has 0 aromatic heterocycles. The second-order valence-electron chi connectivity index (χ2n) is 5.40. The fraction of sp³-hybridized carbons (Fsp3) is 0.533. The van der Waals surface area contributed by atoms with Crippen LogP contribution in [0.3, 0.4) is 0 Å². The summed E-state index contributed by atoms with van der Waals surface area (Å²) in [5.74, 6) is 0.480. The van der Waals surface area contributed by atoms with Gasteiger partial charge in [-0.15, -0.1) is 0 Å². The molecular formula is C15H20N2O2S. The highest BCUT2D eigenvalue weighted by Gasteiger charge is 2.32. The topological polar surface area (TPSA) is 61.2 Å². The third kappa shape index (κ3) is 2.87. The predicted octanol–water partition coefficient (Wildman–Crippen LogP) is 2.68. The molecule has 4 nitrogen and oxygen atoms in total. The Morgan fingerprint density at radius 1 is 1.45 bits per heavy atom. The van der Waals surface area contributed by atoms with Crippen LogP contribution in [0, 0.1) is 24.2 Å². The summed E-state index contributed by atoms with van der Waals surface area (Å²) in [5, 5.41) is 8.85. The van der Waals surface area contributed by atoms with E-state index in [9.17, 15) is 8.42 Å². The number of nitriles is 1. The smallest absolute Gasteiger partial charge is 0.207 e. The van der Waals surface area contributed by atoms with E-state index in [-0.39, 0.29) is 0 Å². The minimum Gasteiger partial charge on any atom is -0.207 e. The molecule has 0 spiro atoms. The summed E-state index contributed by atoms with van der Waals surface area (Å²) in [5.41, 5.74) is 1.13. The Bertz CT molecular complexity index is 632. The molecule has 0 aliphatic carbocycles. The standard InChI is InChI=1S/C15H20N2O2S/c1-3-4-13-7-8-17(11-13)20(18,19)15-6-5-14(10-16)9-12(15)2/h5-6,9,13H,3-4,7-8,11H2,1-2H3. The van der Waals surface area contributed by atoms with Crippen molar-refractivity contribution in [1.29, 1.82) is 5.26 Å². The van der Waals surface area contributed by atoms with Crippen LogP contribution in [0.15, 0.2) is 23.1 Å². The van der Waals surface area contributed by atoms with Crippen LogP contribution in [0.4, 0.5) is 0 Å². The Morgan fingerprint density at radius 3 is 2.80 bits per heavy atom. The van der Waals surface area contributed by atoms with Crippen LogP contribution in [0.1, 0.15) is 37.3 Å². The molecule has 1 atom stereocenters. The van der Waals surface area contributed by atoms with Gasteiger partial charge < -0.3 is 0 Å². The predicted molar refractivity (Wildman–Crippen MR) is 77.7 cm³/mol. The Morgan fingerprint density at radius 2 is 2.20 bits per heavy atom. The molecule has 108 valence electrons. The van der Waals surface area contributed by atoms with Gasteiger partial charge in [-0.2, -0.15) is 9.57 Å². The highest BCUT2D eigenvalue weighted by molar-refractivity contribution is 7.89. The van der Waals surface area contributed by atoms with E-state index >= 15 is 0 Å². The summed E-state index contributed by atoms with van der Waals surface area (Å²) >= 11 is 0. The van der Waals surface area contributed by atoms with Gasteiger partial charge in [0, 0.05) is 13.1 Å². The van der Waals surface area contributed by atoms with Gasteiger partial charge in [-0.25, -0.2) is 8.42 Å². The van der Waals surface area contributed by atoms with Crippen molar-refractivity contribution >= 4 is 10.0 Å². The van der Waals surface area contributed by atoms with Crippen molar-refractivity contribution in [2.75, 3.05) is 13.1 Å². The van der Waals surface area contributed by atoms with Crippen LogP contribution >= 0.6 is 0 Å². The Labute approximate surface area is 121 Å². The highest BCUT2D eigenvalue weighted by Crippen LogP contribution is 2.28. The molecular weight excluding hydrogens is 272 g/mol. The first-order valence-corrected chi connectivity index (χ1v) is 8.44. The van der Waals surface area contributed by atoms with Gasteiger partial charge in [0.1, 0.15) is 0 Å².